The smallest absolute Gasteiger partial charge is 0.267 e. The molecule has 2 rings (SSSR count). The molecule has 0 bridgehead atoms. The summed E-state index contributed by atoms with van der Waals surface area (Å²) in [6, 6.07) is 1.63. The molecule has 0 radical (unpaired) electrons. The van der Waals surface area contributed by atoms with Crippen LogP contribution in [-0.2, 0) is 24.3 Å². The van der Waals surface area contributed by atoms with Crippen LogP contribution in [0.4, 0.5) is 0 Å². The second-order valence-corrected chi connectivity index (χ2v) is 3.07. The number of fused-ring (bicyclic) bond motifs is 1. The topological polar surface area (TPSA) is 44.1 Å². The Morgan fingerprint density at radius 1 is 1.69 bits per heavy atom. The van der Waals surface area contributed by atoms with Gasteiger partial charge in [0.05, 0.1) is 18.9 Å². The zero-order chi connectivity index (χ0) is 9.26. The Morgan fingerprint density at radius 2 is 2.54 bits per heavy atom. The van der Waals surface area contributed by atoms with E-state index < -0.39 is 0 Å². The minimum Gasteiger partial charge on any atom is -0.376 e. The van der Waals surface area contributed by atoms with Crippen molar-refractivity contribution in [1.29, 1.82) is 0 Å². The zero-order valence-corrected chi connectivity index (χ0v) is 7.62. The van der Waals surface area contributed by atoms with Crippen molar-refractivity contribution in [2.45, 2.75) is 26.5 Å². The Hall–Kier alpha value is -1.16. The van der Waals surface area contributed by atoms with Crippen molar-refractivity contribution in [2.24, 2.45) is 0 Å². The molecule has 4 heteroatoms. The first-order chi connectivity index (χ1) is 6.31. The fraction of sp³-hybridized carbons (Fsp3) is 0.556. The van der Waals surface area contributed by atoms with Gasteiger partial charge in [-0.25, -0.2) is 4.68 Å². The van der Waals surface area contributed by atoms with Gasteiger partial charge in [-0.3, -0.25) is 4.79 Å². The summed E-state index contributed by atoms with van der Waals surface area (Å²) >= 11 is 0. The van der Waals surface area contributed by atoms with E-state index in [2.05, 4.69) is 5.10 Å². The van der Waals surface area contributed by atoms with Crippen LogP contribution in [0.3, 0.4) is 0 Å². The average molecular weight is 180 g/mol. The van der Waals surface area contributed by atoms with E-state index >= 15 is 0 Å². The molecule has 0 N–H and O–H groups in total. The Bertz CT molecular complexity index is 370. The van der Waals surface area contributed by atoms with Crippen molar-refractivity contribution in [3.8, 4) is 0 Å². The molecular formula is C9H12N2O2. The molecule has 1 aromatic rings. The number of rotatable bonds is 1. The number of nitrogens with zero attached hydrogens (tertiary/aromatic N) is 2. The Labute approximate surface area is 76.1 Å². The van der Waals surface area contributed by atoms with Crippen LogP contribution in [0.2, 0.25) is 0 Å². The molecular weight excluding hydrogens is 168 g/mol. The quantitative estimate of drug-likeness (QED) is 0.625. The molecule has 0 atom stereocenters. The third-order valence-electron chi connectivity index (χ3n) is 2.20. The summed E-state index contributed by atoms with van der Waals surface area (Å²) in [5.41, 5.74) is 1.92. The lowest BCUT2D eigenvalue weighted by atomic mass is 10.1. The largest absolute Gasteiger partial charge is 0.376 e. The van der Waals surface area contributed by atoms with Gasteiger partial charge in [0, 0.05) is 24.6 Å². The summed E-state index contributed by atoms with van der Waals surface area (Å²) in [4.78, 5) is 11.4. The Kier molecular flexibility index (Phi) is 2.14. The summed E-state index contributed by atoms with van der Waals surface area (Å²) in [5.74, 6) is 0. The predicted octanol–water partition coefficient (Wildman–Crippen LogP) is 0.336. The lowest BCUT2D eigenvalue weighted by Gasteiger charge is -2.15. The molecule has 1 aliphatic rings. The molecule has 1 aromatic heterocycles. The van der Waals surface area contributed by atoms with E-state index in [4.69, 9.17) is 4.74 Å². The maximum atomic E-state index is 11.4. The van der Waals surface area contributed by atoms with Gasteiger partial charge in [-0.05, 0) is 6.92 Å². The van der Waals surface area contributed by atoms with Crippen LogP contribution < -0.4 is 5.56 Å². The SMILES string of the molecule is CCn1nc2c(cc1=O)COCC2. The maximum Gasteiger partial charge on any atom is 0.267 e. The van der Waals surface area contributed by atoms with Gasteiger partial charge in [-0.1, -0.05) is 0 Å². The van der Waals surface area contributed by atoms with Gasteiger partial charge in [0.15, 0.2) is 0 Å². The minimum absolute atomic E-state index is 0.0354. The van der Waals surface area contributed by atoms with Crippen molar-refractivity contribution in [2.75, 3.05) is 6.61 Å². The van der Waals surface area contributed by atoms with E-state index in [1.54, 1.807) is 6.07 Å². The van der Waals surface area contributed by atoms with Crippen LogP contribution >= 0.6 is 0 Å². The third-order valence-corrected chi connectivity index (χ3v) is 2.20. The van der Waals surface area contributed by atoms with Gasteiger partial charge in [-0.15, -0.1) is 0 Å². The summed E-state index contributed by atoms with van der Waals surface area (Å²) < 4.78 is 6.73. The molecule has 70 valence electrons. The number of aromatic nitrogens is 2. The molecule has 0 saturated carbocycles. The second kappa shape index (κ2) is 3.30. The average Bonchev–Trinajstić information content (AvgIpc) is 2.17. The first-order valence-corrected chi connectivity index (χ1v) is 4.49. The van der Waals surface area contributed by atoms with E-state index in [1.165, 1.54) is 4.68 Å². The minimum atomic E-state index is -0.0354. The molecule has 2 heterocycles. The van der Waals surface area contributed by atoms with Gasteiger partial charge in [-0.2, -0.15) is 5.10 Å². The normalized spacial score (nSPS) is 15.5. The molecule has 0 aromatic carbocycles. The molecule has 0 saturated heterocycles. The zero-order valence-electron chi connectivity index (χ0n) is 7.62. The molecule has 0 unspecified atom stereocenters. The lowest BCUT2D eigenvalue weighted by molar-refractivity contribution is 0.108. The standard InChI is InChI=1S/C9H12N2O2/c1-2-11-9(12)5-7-6-13-4-3-8(7)10-11/h5H,2-4,6H2,1H3. The number of hydrogen-bond acceptors (Lipinski definition) is 3. The lowest BCUT2D eigenvalue weighted by Crippen LogP contribution is -2.26. The molecule has 0 amide bonds. The Balaban J connectivity index is 2.51. The van der Waals surface area contributed by atoms with Crippen LogP contribution in [0.1, 0.15) is 18.2 Å². The van der Waals surface area contributed by atoms with Crippen molar-refractivity contribution < 1.29 is 4.74 Å². The summed E-state index contributed by atoms with van der Waals surface area (Å²) in [7, 11) is 0. The highest BCUT2D eigenvalue weighted by Gasteiger charge is 2.12. The van der Waals surface area contributed by atoms with E-state index in [1.807, 2.05) is 6.92 Å². The van der Waals surface area contributed by atoms with Crippen LogP contribution in [0.25, 0.3) is 0 Å². The van der Waals surface area contributed by atoms with Crippen molar-refractivity contribution in [3.05, 3.63) is 27.7 Å². The number of aryl methyl sites for hydroxylation is 1. The molecule has 0 aliphatic carbocycles. The third kappa shape index (κ3) is 1.49. The van der Waals surface area contributed by atoms with Gasteiger partial charge >= 0.3 is 0 Å². The van der Waals surface area contributed by atoms with Gasteiger partial charge in [0.2, 0.25) is 0 Å². The Morgan fingerprint density at radius 3 is 3.31 bits per heavy atom. The van der Waals surface area contributed by atoms with Crippen LogP contribution in [0.5, 0.6) is 0 Å². The van der Waals surface area contributed by atoms with E-state index in [0.717, 1.165) is 17.7 Å². The van der Waals surface area contributed by atoms with E-state index in [-0.39, 0.29) is 5.56 Å². The molecule has 4 nitrogen and oxygen atoms in total. The molecule has 13 heavy (non-hydrogen) atoms. The van der Waals surface area contributed by atoms with Gasteiger partial charge < -0.3 is 4.74 Å². The maximum absolute atomic E-state index is 11.4. The first kappa shape index (κ1) is 8.44. The molecule has 0 fully saturated rings. The van der Waals surface area contributed by atoms with E-state index in [9.17, 15) is 4.79 Å². The van der Waals surface area contributed by atoms with Crippen LogP contribution in [0.15, 0.2) is 10.9 Å². The fourth-order valence-corrected chi connectivity index (χ4v) is 1.48. The van der Waals surface area contributed by atoms with Crippen LogP contribution in [-0.4, -0.2) is 16.4 Å². The van der Waals surface area contributed by atoms with Crippen molar-refractivity contribution >= 4 is 0 Å². The highest BCUT2D eigenvalue weighted by Crippen LogP contribution is 2.10. The monoisotopic (exact) mass is 180 g/mol. The van der Waals surface area contributed by atoms with E-state index in [0.29, 0.717) is 19.8 Å². The number of ether oxygens (including phenoxy) is 1. The summed E-state index contributed by atoms with van der Waals surface area (Å²) in [6.45, 7) is 3.79. The predicted molar refractivity (Wildman–Crippen MR) is 47.5 cm³/mol. The first-order valence-electron chi connectivity index (χ1n) is 4.49. The highest BCUT2D eigenvalue weighted by molar-refractivity contribution is 5.18. The molecule has 1 aliphatic heterocycles. The van der Waals surface area contributed by atoms with Crippen LogP contribution in [0, 0.1) is 0 Å². The van der Waals surface area contributed by atoms with Crippen molar-refractivity contribution in [1.82, 2.24) is 9.78 Å². The van der Waals surface area contributed by atoms with Gasteiger partial charge in [0.25, 0.3) is 5.56 Å². The molecule has 0 spiro atoms. The highest BCUT2D eigenvalue weighted by atomic mass is 16.5. The van der Waals surface area contributed by atoms with Gasteiger partial charge in [0.1, 0.15) is 0 Å². The fourth-order valence-electron chi connectivity index (χ4n) is 1.48. The second-order valence-electron chi connectivity index (χ2n) is 3.07. The van der Waals surface area contributed by atoms with Crippen molar-refractivity contribution in [3.63, 3.8) is 0 Å². The summed E-state index contributed by atoms with van der Waals surface area (Å²) in [6.07, 6.45) is 0.815. The number of hydrogen-bond donors (Lipinski definition) is 0. The summed E-state index contributed by atoms with van der Waals surface area (Å²) in [5, 5.41) is 4.26.